The number of rotatable bonds is 5. The molecule has 1 aliphatic heterocycles. The number of carbonyl (C=O) groups is 1. The first kappa shape index (κ1) is 18.9. The molecule has 2 aromatic rings. The number of nitrogens with zero attached hydrogens (tertiary/aromatic N) is 2. The number of hydrogen-bond acceptors (Lipinski definition) is 5. The van der Waals surface area contributed by atoms with Crippen LogP contribution in [-0.4, -0.2) is 30.1 Å². The summed E-state index contributed by atoms with van der Waals surface area (Å²) in [7, 11) is 1.63. The van der Waals surface area contributed by atoms with Crippen molar-refractivity contribution in [3.05, 3.63) is 39.8 Å². The Morgan fingerprint density at radius 1 is 1.42 bits per heavy atom. The molecular formula is C20H26N2O3S. The van der Waals surface area contributed by atoms with E-state index in [1.807, 2.05) is 29.3 Å². The van der Waals surface area contributed by atoms with Gasteiger partial charge in [-0.1, -0.05) is 6.92 Å². The monoisotopic (exact) mass is 374 g/mol. The van der Waals surface area contributed by atoms with Crippen LogP contribution in [0.2, 0.25) is 0 Å². The number of benzene rings is 1. The van der Waals surface area contributed by atoms with Crippen molar-refractivity contribution in [1.82, 2.24) is 4.98 Å². The van der Waals surface area contributed by atoms with Crippen LogP contribution in [0.5, 0.6) is 5.75 Å². The highest BCUT2D eigenvalue weighted by atomic mass is 32.1. The van der Waals surface area contributed by atoms with Gasteiger partial charge in [0.05, 0.1) is 13.2 Å². The number of hydrogen-bond donors (Lipinski definition) is 0. The Morgan fingerprint density at radius 2 is 2.19 bits per heavy atom. The van der Waals surface area contributed by atoms with Crippen molar-refractivity contribution in [3.8, 4) is 5.75 Å². The van der Waals surface area contributed by atoms with E-state index in [1.165, 1.54) is 11.3 Å². The number of thiazole rings is 1. The standard InChI is InChI=1S/C20H26N2O3S/c1-6-25-14-7-8-17-15(9-14)13(2)10-20(3,4)22(17)19(23)16-12-26-18(21-16)11-24-5/h7-9,12-13H,6,10-11H2,1-5H3. The summed E-state index contributed by atoms with van der Waals surface area (Å²) in [4.78, 5) is 19.7. The van der Waals surface area contributed by atoms with Crippen LogP contribution in [-0.2, 0) is 11.3 Å². The molecule has 1 aromatic carbocycles. The molecule has 6 heteroatoms. The molecule has 0 saturated carbocycles. The molecule has 5 nitrogen and oxygen atoms in total. The van der Waals surface area contributed by atoms with E-state index < -0.39 is 0 Å². The summed E-state index contributed by atoms with van der Waals surface area (Å²) in [6, 6.07) is 6.00. The van der Waals surface area contributed by atoms with Crippen molar-refractivity contribution < 1.29 is 14.3 Å². The van der Waals surface area contributed by atoms with Gasteiger partial charge in [-0.25, -0.2) is 4.98 Å². The molecule has 0 N–H and O–H groups in total. The van der Waals surface area contributed by atoms with Gasteiger partial charge in [0.2, 0.25) is 0 Å². The number of methoxy groups -OCH3 is 1. The van der Waals surface area contributed by atoms with Gasteiger partial charge in [0.15, 0.2) is 0 Å². The highest BCUT2D eigenvalue weighted by Gasteiger charge is 2.41. The van der Waals surface area contributed by atoms with E-state index in [0.29, 0.717) is 24.8 Å². The van der Waals surface area contributed by atoms with E-state index in [2.05, 4.69) is 31.8 Å². The summed E-state index contributed by atoms with van der Waals surface area (Å²) in [5, 5.41) is 2.63. The lowest BCUT2D eigenvalue weighted by molar-refractivity contribution is 0.0949. The van der Waals surface area contributed by atoms with E-state index in [-0.39, 0.29) is 11.4 Å². The van der Waals surface area contributed by atoms with Gasteiger partial charge in [0, 0.05) is 23.7 Å². The lowest BCUT2D eigenvalue weighted by Gasteiger charge is -2.45. The molecule has 26 heavy (non-hydrogen) atoms. The Bertz CT molecular complexity index is 800. The van der Waals surface area contributed by atoms with Crippen molar-refractivity contribution in [2.24, 2.45) is 0 Å². The van der Waals surface area contributed by atoms with Gasteiger partial charge in [0.25, 0.3) is 5.91 Å². The lowest BCUT2D eigenvalue weighted by Crippen LogP contribution is -2.51. The first-order chi connectivity index (χ1) is 12.4. The zero-order valence-electron chi connectivity index (χ0n) is 16.0. The van der Waals surface area contributed by atoms with Crippen molar-refractivity contribution in [1.29, 1.82) is 0 Å². The molecule has 0 bridgehead atoms. The maximum Gasteiger partial charge on any atom is 0.278 e. The summed E-state index contributed by atoms with van der Waals surface area (Å²) in [5.74, 6) is 1.14. The summed E-state index contributed by atoms with van der Waals surface area (Å²) in [6.07, 6.45) is 0.885. The first-order valence-electron chi connectivity index (χ1n) is 8.92. The second-order valence-electron chi connectivity index (χ2n) is 7.27. The smallest absolute Gasteiger partial charge is 0.278 e. The van der Waals surface area contributed by atoms with Crippen LogP contribution in [0.4, 0.5) is 5.69 Å². The molecule has 1 atom stereocenters. The highest BCUT2D eigenvalue weighted by Crippen LogP contribution is 2.45. The molecule has 2 heterocycles. The summed E-state index contributed by atoms with van der Waals surface area (Å²) in [5.41, 5.74) is 2.28. The fourth-order valence-corrected chi connectivity index (χ4v) is 4.50. The molecule has 0 aliphatic carbocycles. The number of amides is 1. The lowest BCUT2D eigenvalue weighted by atomic mass is 9.80. The van der Waals surface area contributed by atoms with Gasteiger partial charge in [-0.3, -0.25) is 4.79 Å². The van der Waals surface area contributed by atoms with Gasteiger partial charge < -0.3 is 14.4 Å². The van der Waals surface area contributed by atoms with E-state index >= 15 is 0 Å². The molecule has 1 unspecified atom stereocenters. The molecule has 1 amide bonds. The first-order valence-corrected chi connectivity index (χ1v) is 9.80. The van der Waals surface area contributed by atoms with Crippen molar-refractivity contribution >= 4 is 22.9 Å². The number of aromatic nitrogens is 1. The van der Waals surface area contributed by atoms with Crippen LogP contribution < -0.4 is 9.64 Å². The van der Waals surface area contributed by atoms with Crippen LogP contribution in [0.3, 0.4) is 0 Å². The maximum atomic E-state index is 13.3. The van der Waals surface area contributed by atoms with E-state index in [9.17, 15) is 4.79 Å². The average molecular weight is 375 g/mol. The van der Waals surface area contributed by atoms with E-state index in [1.54, 1.807) is 7.11 Å². The summed E-state index contributed by atoms with van der Waals surface area (Å²) >= 11 is 1.45. The minimum atomic E-state index is -0.290. The predicted molar refractivity (Wildman–Crippen MR) is 104 cm³/mol. The normalized spacial score (nSPS) is 18.5. The number of fused-ring (bicyclic) bond motifs is 1. The number of carbonyl (C=O) groups excluding carboxylic acids is 1. The zero-order chi connectivity index (χ0) is 18.9. The summed E-state index contributed by atoms with van der Waals surface area (Å²) in [6.45, 7) is 9.46. The minimum Gasteiger partial charge on any atom is -0.494 e. The molecular weight excluding hydrogens is 348 g/mol. The molecule has 140 valence electrons. The van der Waals surface area contributed by atoms with E-state index in [0.717, 1.165) is 28.4 Å². The quantitative estimate of drug-likeness (QED) is 0.766. The van der Waals surface area contributed by atoms with Crippen LogP contribution in [0.25, 0.3) is 0 Å². The zero-order valence-corrected chi connectivity index (χ0v) is 16.9. The fourth-order valence-electron chi connectivity index (χ4n) is 3.76. The summed E-state index contributed by atoms with van der Waals surface area (Å²) < 4.78 is 10.8. The second kappa shape index (κ2) is 7.37. The number of ether oxygens (including phenoxy) is 2. The third kappa shape index (κ3) is 3.48. The molecule has 0 spiro atoms. The Kier molecular flexibility index (Phi) is 5.34. The van der Waals surface area contributed by atoms with Gasteiger partial charge in [-0.15, -0.1) is 11.3 Å². The SMILES string of the molecule is CCOc1ccc2c(c1)C(C)CC(C)(C)N2C(=O)c1csc(COC)n1. The van der Waals surface area contributed by atoms with Crippen molar-refractivity contribution in [3.63, 3.8) is 0 Å². The molecule has 0 fully saturated rings. The van der Waals surface area contributed by atoms with Gasteiger partial charge in [-0.05, 0) is 56.9 Å². The Morgan fingerprint density at radius 3 is 2.88 bits per heavy atom. The highest BCUT2D eigenvalue weighted by molar-refractivity contribution is 7.09. The van der Waals surface area contributed by atoms with Crippen LogP contribution in [0.15, 0.2) is 23.6 Å². The molecule has 3 rings (SSSR count). The van der Waals surface area contributed by atoms with E-state index in [4.69, 9.17) is 9.47 Å². The Balaban J connectivity index is 2.01. The molecule has 1 aromatic heterocycles. The topological polar surface area (TPSA) is 51.7 Å². The van der Waals surface area contributed by atoms with Crippen molar-refractivity contribution in [2.75, 3.05) is 18.6 Å². The maximum absolute atomic E-state index is 13.3. The largest absolute Gasteiger partial charge is 0.494 e. The number of anilines is 1. The van der Waals surface area contributed by atoms with Crippen LogP contribution >= 0.6 is 11.3 Å². The van der Waals surface area contributed by atoms with Crippen LogP contribution in [0, 0.1) is 0 Å². The third-order valence-corrected chi connectivity index (χ3v) is 5.56. The van der Waals surface area contributed by atoms with Gasteiger partial charge in [0.1, 0.15) is 16.5 Å². The predicted octanol–water partition coefficient (Wildman–Crippen LogP) is 4.62. The minimum absolute atomic E-state index is 0.0640. The molecule has 0 saturated heterocycles. The molecule has 1 aliphatic rings. The van der Waals surface area contributed by atoms with Crippen LogP contribution in [0.1, 0.15) is 61.1 Å². The van der Waals surface area contributed by atoms with Gasteiger partial charge in [-0.2, -0.15) is 0 Å². The van der Waals surface area contributed by atoms with Crippen molar-refractivity contribution in [2.45, 2.75) is 52.2 Å². The molecule has 0 radical (unpaired) electrons. The Hall–Kier alpha value is -1.92. The fraction of sp³-hybridized carbons (Fsp3) is 0.500. The Labute approximate surface area is 159 Å². The second-order valence-corrected chi connectivity index (χ2v) is 8.21. The van der Waals surface area contributed by atoms with Gasteiger partial charge >= 0.3 is 0 Å². The average Bonchev–Trinajstić information content (AvgIpc) is 3.04. The third-order valence-electron chi connectivity index (χ3n) is 4.73.